The van der Waals surface area contributed by atoms with Gasteiger partial charge in [0.1, 0.15) is 0 Å². The zero-order valence-electron chi connectivity index (χ0n) is 13.9. The molecule has 7 heteroatoms. The average molecular weight is 327 g/mol. The summed E-state index contributed by atoms with van der Waals surface area (Å²) >= 11 is 0. The quantitative estimate of drug-likeness (QED) is 0.844. The van der Waals surface area contributed by atoms with Gasteiger partial charge in [-0.25, -0.2) is 0 Å². The lowest BCUT2D eigenvalue weighted by molar-refractivity contribution is -0.133. The van der Waals surface area contributed by atoms with Crippen LogP contribution in [0.2, 0.25) is 0 Å². The van der Waals surface area contributed by atoms with E-state index in [1.54, 1.807) is 24.0 Å². The predicted molar refractivity (Wildman–Crippen MR) is 93.1 cm³/mol. The summed E-state index contributed by atoms with van der Waals surface area (Å²) in [6.45, 7) is 4.06. The number of amides is 2. The second-order valence-electron chi connectivity index (χ2n) is 5.98. The van der Waals surface area contributed by atoms with E-state index in [-0.39, 0.29) is 0 Å². The Hall–Kier alpha value is -2.83. The van der Waals surface area contributed by atoms with Crippen LogP contribution < -0.4 is 15.5 Å². The van der Waals surface area contributed by atoms with Crippen molar-refractivity contribution in [3.63, 3.8) is 0 Å². The van der Waals surface area contributed by atoms with Gasteiger partial charge < -0.3 is 15.5 Å². The third-order valence-corrected chi connectivity index (χ3v) is 4.09. The molecular formula is C17H21N5O2. The van der Waals surface area contributed by atoms with E-state index in [1.807, 2.05) is 25.1 Å². The summed E-state index contributed by atoms with van der Waals surface area (Å²) in [6, 6.07) is 7.48. The minimum absolute atomic E-state index is 0.346. The van der Waals surface area contributed by atoms with Crippen LogP contribution in [0.5, 0.6) is 0 Å². The number of hydrogen-bond donors (Lipinski definition) is 2. The maximum atomic E-state index is 12.0. The monoisotopic (exact) mass is 327 g/mol. The SMILES string of the molecule is Cc1cc(N2CCCC2)ccc1NC(=O)C(=O)Nc1ccn(C)n1. The van der Waals surface area contributed by atoms with Crippen LogP contribution in [0.1, 0.15) is 18.4 Å². The molecule has 2 amide bonds. The smallest absolute Gasteiger partial charge is 0.315 e. The van der Waals surface area contributed by atoms with Gasteiger partial charge in [0.05, 0.1) is 0 Å². The Morgan fingerprint density at radius 1 is 1.08 bits per heavy atom. The van der Waals surface area contributed by atoms with Crippen LogP contribution in [0.25, 0.3) is 0 Å². The zero-order chi connectivity index (χ0) is 17.1. The van der Waals surface area contributed by atoms with Gasteiger partial charge in [-0.1, -0.05) is 0 Å². The lowest BCUT2D eigenvalue weighted by atomic mass is 10.1. The highest BCUT2D eigenvalue weighted by atomic mass is 16.2. The normalized spacial score (nSPS) is 13.8. The summed E-state index contributed by atoms with van der Waals surface area (Å²) in [5, 5.41) is 9.13. The molecule has 0 radical (unpaired) electrons. The van der Waals surface area contributed by atoms with Gasteiger partial charge in [-0.05, 0) is 43.5 Å². The van der Waals surface area contributed by atoms with E-state index in [0.29, 0.717) is 11.5 Å². The van der Waals surface area contributed by atoms with Crippen LogP contribution >= 0.6 is 0 Å². The van der Waals surface area contributed by atoms with E-state index in [2.05, 4.69) is 20.6 Å². The number of aromatic nitrogens is 2. The Morgan fingerprint density at radius 3 is 2.42 bits per heavy atom. The topological polar surface area (TPSA) is 79.3 Å². The molecule has 2 N–H and O–H groups in total. The molecule has 1 saturated heterocycles. The van der Waals surface area contributed by atoms with Gasteiger partial charge in [-0.2, -0.15) is 5.10 Å². The summed E-state index contributed by atoms with van der Waals surface area (Å²) in [4.78, 5) is 26.3. The van der Waals surface area contributed by atoms with Crippen molar-refractivity contribution in [1.82, 2.24) is 9.78 Å². The lowest BCUT2D eigenvalue weighted by Gasteiger charge is -2.19. The van der Waals surface area contributed by atoms with Crippen LogP contribution in [0, 0.1) is 6.92 Å². The molecule has 1 fully saturated rings. The van der Waals surface area contributed by atoms with Gasteiger partial charge in [0.2, 0.25) is 0 Å². The second kappa shape index (κ2) is 6.74. The van der Waals surface area contributed by atoms with Crippen LogP contribution in [-0.4, -0.2) is 34.7 Å². The maximum absolute atomic E-state index is 12.0. The number of anilines is 3. The molecule has 24 heavy (non-hydrogen) atoms. The molecule has 1 aromatic heterocycles. The number of nitrogens with zero attached hydrogens (tertiary/aromatic N) is 3. The van der Waals surface area contributed by atoms with Gasteiger partial charge in [0, 0.05) is 43.8 Å². The van der Waals surface area contributed by atoms with Gasteiger partial charge in [0.25, 0.3) is 0 Å². The molecule has 0 saturated carbocycles. The third-order valence-electron chi connectivity index (χ3n) is 4.09. The first-order chi connectivity index (χ1) is 11.5. The fraction of sp³-hybridized carbons (Fsp3) is 0.353. The van der Waals surface area contributed by atoms with Crippen LogP contribution in [-0.2, 0) is 16.6 Å². The molecule has 0 atom stereocenters. The number of aryl methyl sites for hydroxylation is 2. The van der Waals surface area contributed by atoms with Crippen LogP contribution in [0.4, 0.5) is 17.2 Å². The Kier molecular flexibility index (Phi) is 4.50. The Morgan fingerprint density at radius 2 is 1.79 bits per heavy atom. The summed E-state index contributed by atoms with van der Waals surface area (Å²) < 4.78 is 1.55. The molecule has 1 aliphatic rings. The molecule has 0 bridgehead atoms. The van der Waals surface area contributed by atoms with E-state index in [1.165, 1.54) is 12.8 Å². The van der Waals surface area contributed by atoms with E-state index in [9.17, 15) is 9.59 Å². The summed E-state index contributed by atoms with van der Waals surface area (Å²) in [5.41, 5.74) is 2.72. The standard InChI is InChI=1S/C17H21N5O2/c1-12-11-13(22-8-3-4-9-22)5-6-14(12)18-16(23)17(24)19-15-7-10-21(2)20-15/h5-7,10-11H,3-4,8-9H2,1-2H3,(H,18,23)(H,19,20,24). The maximum Gasteiger partial charge on any atom is 0.315 e. The number of carbonyl (C=O) groups excluding carboxylic acids is 2. The molecule has 3 rings (SSSR count). The number of rotatable bonds is 3. The Labute approximate surface area is 140 Å². The van der Waals surface area contributed by atoms with Crippen molar-refractivity contribution in [2.24, 2.45) is 7.05 Å². The van der Waals surface area contributed by atoms with Gasteiger partial charge in [-0.15, -0.1) is 0 Å². The molecule has 2 aromatic rings. The Balaban J connectivity index is 1.64. The molecule has 7 nitrogen and oxygen atoms in total. The minimum atomic E-state index is -0.739. The predicted octanol–water partition coefficient (Wildman–Crippen LogP) is 1.91. The van der Waals surface area contributed by atoms with Crippen molar-refractivity contribution in [2.45, 2.75) is 19.8 Å². The Bertz CT molecular complexity index is 762. The molecule has 0 spiro atoms. The van der Waals surface area contributed by atoms with Gasteiger partial charge in [-0.3, -0.25) is 14.3 Å². The number of hydrogen-bond acceptors (Lipinski definition) is 4. The summed E-state index contributed by atoms with van der Waals surface area (Å²) in [7, 11) is 1.74. The molecular weight excluding hydrogens is 306 g/mol. The van der Waals surface area contributed by atoms with Gasteiger partial charge >= 0.3 is 11.8 Å². The van der Waals surface area contributed by atoms with Crippen molar-refractivity contribution in [3.05, 3.63) is 36.0 Å². The highest BCUT2D eigenvalue weighted by Gasteiger charge is 2.17. The summed E-state index contributed by atoms with van der Waals surface area (Å²) in [5.74, 6) is -1.10. The van der Waals surface area contributed by atoms with E-state index >= 15 is 0 Å². The molecule has 0 aliphatic carbocycles. The molecule has 2 heterocycles. The number of benzene rings is 1. The molecule has 126 valence electrons. The van der Waals surface area contributed by atoms with Crippen molar-refractivity contribution in [2.75, 3.05) is 28.6 Å². The highest BCUT2D eigenvalue weighted by molar-refractivity contribution is 6.43. The van der Waals surface area contributed by atoms with Gasteiger partial charge in [0.15, 0.2) is 5.82 Å². The van der Waals surface area contributed by atoms with Crippen LogP contribution in [0.15, 0.2) is 30.5 Å². The minimum Gasteiger partial charge on any atom is -0.372 e. The molecule has 0 unspecified atom stereocenters. The number of carbonyl (C=O) groups is 2. The van der Waals surface area contributed by atoms with E-state index in [0.717, 1.165) is 24.3 Å². The molecule has 1 aliphatic heterocycles. The van der Waals surface area contributed by atoms with Crippen molar-refractivity contribution < 1.29 is 9.59 Å². The van der Waals surface area contributed by atoms with E-state index in [4.69, 9.17) is 0 Å². The largest absolute Gasteiger partial charge is 0.372 e. The fourth-order valence-electron chi connectivity index (χ4n) is 2.79. The van der Waals surface area contributed by atoms with Crippen molar-refractivity contribution in [3.8, 4) is 0 Å². The summed E-state index contributed by atoms with van der Waals surface area (Å²) in [6.07, 6.45) is 4.12. The first-order valence-electron chi connectivity index (χ1n) is 8.00. The lowest BCUT2D eigenvalue weighted by Crippen LogP contribution is -2.29. The van der Waals surface area contributed by atoms with Crippen molar-refractivity contribution in [1.29, 1.82) is 0 Å². The second-order valence-corrected chi connectivity index (χ2v) is 5.98. The average Bonchev–Trinajstić information content (AvgIpc) is 3.21. The van der Waals surface area contributed by atoms with Crippen LogP contribution in [0.3, 0.4) is 0 Å². The van der Waals surface area contributed by atoms with E-state index < -0.39 is 11.8 Å². The first-order valence-corrected chi connectivity index (χ1v) is 8.00. The number of nitrogens with one attached hydrogen (secondary N) is 2. The third kappa shape index (κ3) is 3.56. The zero-order valence-corrected chi connectivity index (χ0v) is 13.9. The molecule has 1 aromatic carbocycles. The van der Waals surface area contributed by atoms with Crippen molar-refractivity contribution >= 4 is 29.0 Å². The fourth-order valence-corrected chi connectivity index (χ4v) is 2.79. The first kappa shape index (κ1) is 16.0. The highest BCUT2D eigenvalue weighted by Crippen LogP contribution is 2.25.